The molecular weight excluding hydrogens is 226 g/mol. The highest BCUT2D eigenvalue weighted by Crippen LogP contribution is 2.18. The van der Waals surface area contributed by atoms with Crippen LogP contribution < -0.4 is 10.5 Å². The molecule has 0 aliphatic heterocycles. The van der Waals surface area contributed by atoms with Crippen molar-refractivity contribution in [3.63, 3.8) is 0 Å². The lowest BCUT2D eigenvalue weighted by Crippen LogP contribution is -2.06. The summed E-state index contributed by atoms with van der Waals surface area (Å²) in [7, 11) is 1.92. The minimum absolute atomic E-state index is 0.0208. The van der Waals surface area contributed by atoms with Crippen LogP contribution in [-0.4, -0.2) is 9.78 Å². The number of benzene rings is 1. The quantitative estimate of drug-likeness (QED) is 0.899. The van der Waals surface area contributed by atoms with Crippen LogP contribution >= 0.6 is 0 Å². The molecule has 1 aromatic carbocycles. The Bertz CT molecular complexity index is 532. The molecule has 0 saturated heterocycles. The third kappa shape index (κ3) is 2.90. The van der Waals surface area contributed by atoms with Gasteiger partial charge in [0.25, 0.3) is 0 Å². The van der Waals surface area contributed by atoms with Gasteiger partial charge in [0.1, 0.15) is 12.4 Å². The molecule has 0 saturated carbocycles. The van der Waals surface area contributed by atoms with Crippen LogP contribution in [0.4, 0.5) is 0 Å². The highest BCUT2D eigenvalue weighted by atomic mass is 16.5. The van der Waals surface area contributed by atoms with Crippen LogP contribution in [0, 0.1) is 6.92 Å². The highest BCUT2D eigenvalue weighted by molar-refractivity contribution is 5.30. The topological polar surface area (TPSA) is 53.1 Å². The molecule has 1 heterocycles. The number of ether oxygens (including phenoxy) is 1. The second kappa shape index (κ2) is 5.23. The van der Waals surface area contributed by atoms with E-state index in [4.69, 9.17) is 10.5 Å². The molecule has 0 aliphatic carbocycles. The van der Waals surface area contributed by atoms with Crippen molar-refractivity contribution in [2.45, 2.75) is 26.5 Å². The highest BCUT2D eigenvalue weighted by Gasteiger charge is 2.04. The fourth-order valence-corrected chi connectivity index (χ4v) is 1.84. The van der Waals surface area contributed by atoms with Crippen molar-refractivity contribution in [2.24, 2.45) is 12.8 Å². The molecule has 18 heavy (non-hydrogen) atoms. The zero-order valence-corrected chi connectivity index (χ0v) is 11.1. The van der Waals surface area contributed by atoms with E-state index in [2.05, 4.69) is 5.10 Å². The first-order valence-electron chi connectivity index (χ1n) is 6.04. The summed E-state index contributed by atoms with van der Waals surface area (Å²) in [6.07, 6.45) is 0. The van der Waals surface area contributed by atoms with Gasteiger partial charge in [0.15, 0.2) is 0 Å². The van der Waals surface area contributed by atoms with Crippen molar-refractivity contribution >= 4 is 0 Å². The Hall–Kier alpha value is -1.81. The van der Waals surface area contributed by atoms with E-state index < -0.39 is 0 Å². The van der Waals surface area contributed by atoms with Crippen LogP contribution in [0.25, 0.3) is 0 Å². The van der Waals surface area contributed by atoms with Gasteiger partial charge >= 0.3 is 0 Å². The summed E-state index contributed by atoms with van der Waals surface area (Å²) >= 11 is 0. The molecule has 2 aromatic rings. The molecule has 0 amide bonds. The van der Waals surface area contributed by atoms with Crippen LogP contribution in [0.2, 0.25) is 0 Å². The molecule has 0 bridgehead atoms. The smallest absolute Gasteiger partial charge is 0.130 e. The van der Waals surface area contributed by atoms with E-state index in [0.29, 0.717) is 6.61 Å². The van der Waals surface area contributed by atoms with E-state index in [-0.39, 0.29) is 6.04 Å². The van der Waals surface area contributed by atoms with Gasteiger partial charge in [-0.3, -0.25) is 4.68 Å². The summed E-state index contributed by atoms with van der Waals surface area (Å²) in [6.45, 7) is 4.45. The first-order chi connectivity index (χ1) is 8.56. The Morgan fingerprint density at radius 3 is 2.78 bits per heavy atom. The van der Waals surface area contributed by atoms with Gasteiger partial charge in [0.05, 0.1) is 11.4 Å². The lowest BCUT2D eigenvalue weighted by atomic mass is 10.1. The molecule has 0 unspecified atom stereocenters. The van der Waals surface area contributed by atoms with Gasteiger partial charge in [-0.05, 0) is 37.6 Å². The van der Waals surface area contributed by atoms with Crippen molar-refractivity contribution in [1.29, 1.82) is 0 Å². The average Bonchev–Trinajstić information content (AvgIpc) is 2.65. The van der Waals surface area contributed by atoms with Gasteiger partial charge in [0.2, 0.25) is 0 Å². The van der Waals surface area contributed by atoms with Gasteiger partial charge in [-0.1, -0.05) is 12.1 Å². The minimum atomic E-state index is 0.0208. The molecule has 1 atom stereocenters. The molecule has 4 nitrogen and oxygen atoms in total. The number of hydrogen-bond donors (Lipinski definition) is 1. The molecular formula is C14H19N3O. The van der Waals surface area contributed by atoms with Gasteiger partial charge in [-0.25, -0.2) is 0 Å². The summed E-state index contributed by atoms with van der Waals surface area (Å²) in [4.78, 5) is 0. The number of rotatable bonds is 4. The molecule has 0 spiro atoms. The Morgan fingerprint density at radius 1 is 1.39 bits per heavy atom. The van der Waals surface area contributed by atoms with Crippen molar-refractivity contribution in [2.75, 3.05) is 0 Å². The zero-order valence-electron chi connectivity index (χ0n) is 11.1. The zero-order chi connectivity index (χ0) is 13.1. The largest absolute Gasteiger partial charge is 0.487 e. The van der Waals surface area contributed by atoms with Gasteiger partial charge in [-0.2, -0.15) is 5.10 Å². The van der Waals surface area contributed by atoms with Crippen LogP contribution in [0.1, 0.15) is 29.9 Å². The first kappa shape index (κ1) is 12.6. The Kier molecular flexibility index (Phi) is 3.67. The summed E-state index contributed by atoms with van der Waals surface area (Å²) in [5.41, 5.74) is 8.98. The monoisotopic (exact) mass is 245 g/mol. The van der Waals surface area contributed by atoms with Crippen LogP contribution in [0.5, 0.6) is 5.75 Å². The Balaban J connectivity index is 2.06. The van der Waals surface area contributed by atoms with Crippen molar-refractivity contribution in [3.05, 3.63) is 47.3 Å². The SMILES string of the molecule is Cc1cc(COc2cccc([C@H](C)N)c2)n(C)n1. The summed E-state index contributed by atoms with van der Waals surface area (Å²) in [6, 6.07) is 9.93. The molecule has 4 heteroatoms. The molecule has 1 aromatic heterocycles. The Morgan fingerprint density at radius 2 is 2.17 bits per heavy atom. The van der Waals surface area contributed by atoms with E-state index >= 15 is 0 Å². The molecule has 0 aliphatic rings. The molecule has 0 fully saturated rings. The standard InChI is InChI=1S/C14H19N3O/c1-10-7-13(17(3)16-10)9-18-14-6-4-5-12(8-14)11(2)15/h4-8,11H,9,15H2,1-3H3/t11-/m0/s1. The molecule has 96 valence electrons. The number of aryl methyl sites for hydroxylation is 2. The lowest BCUT2D eigenvalue weighted by Gasteiger charge is -2.10. The van der Waals surface area contributed by atoms with E-state index in [1.807, 2.05) is 55.9 Å². The normalized spacial score (nSPS) is 12.4. The fraction of sp³-hybridized carbons (Fsp3) is 0.357. The van der Waals surface area contributed by atoms with E-state index in [0.717, 1.165) is 22.7 Å². The molecule has 2 N–H and O–H groups in total. The second-order valence-corrected chi connectivity index (χ2v) is 4.55. The van der Waals surface area contributed by atoms with Crippen molar-refractivity contribution in [3.8, 4) is 5.75 Å². The number of hydrogen-bond acceptors (Lipinski definition) is 3. The number of aromatic nitrogens is 2. The van der Waals surface area contributed by atoms with Crippen LogP contribution in [-0.2, 0) is 13.7 Å². The Labute approximate surface area is 107 Å². The third-order valence-corrected chi connectivity index (χ3v) is 2.87. The number of nitrogens with two attached hydrogens (primary N) is 1. The first-order valence-corrected chi connectivity index (χ1v) is 6.04. The molecule has 2 rings (SSSR count). The summed E-state index contributed by atoms with van der Waals surface area (Å²) in [5, 5.41) is 4.29. The predicted molar refractivity (Wildman–Crippen MR) is 71.3 cm³/mol. The second-order valence-electron chi connectivity index (χ2n) is 4.55. The van der Waals surface area contributed by atoms with Crippen molar-refractivity contribution in [1.82, 2.24) is 9.78 Å². The van der Waals surface area contributed by atoms with Gasteiger partial charge in [-0.15, -0.1) is 0 Å². The summed E-state index contributed by atoms with van der Waals surface area (Å²) < 4.78 is 7.60. The molecule has 0 radical (unpaired) electrons. The van der Waals surface area contributed by atoms with Gasteiger partial charge < -0.3 is 10.5 Å². The number of nitrogens with zero attached hydrogens (tertiary/aromatic N) is 2. The van der Waals surface area contributed by atoms with Gasteiger partial charge in [0, 0.05) is 13.1 Å². The third-order valence-electron chi connectivity index (χ3n) is 2.87. The maximum absolute atomic E-state index is 5.85. The maximum Gasteiger partial charge on any atom is 0.130 e. The van der Waals surface area contributed by atoms with Crippen LogP contribution in [0.3, 0.4) is 0 Å². The van der Waals surface area contributed by atoms with Crippen molar-refractivity contribution < 1.29 is 4.74 Å². The predicted octanol–water partition coefficient (Wildman–Crippen LogP) is 2.33. The van der Waals surface area contributed by atoms with E-state index in [9.17, 15) is 0 Å². The fourth-order valence-electron chi connectivity index (χ4n) is 1.84. The minimum Gasteiger partial charge on any atom is -0.487 e. The van der Waals surface area contributed by atoms with Crippen LogP contribution in [0.15, 0.2) is 30.3 Å². The maximum atomic E-state index is 5.85. The van der Waals surface area contributed by atoms with E-state index in [1.165, 1.54) is 0 Å². The average molecular weight is 245 g/mol. The lowest BCUT2D eigenvalue weighted by molar-refractivity contribution is 0.294. The van der Waals surface area contributed by atoms with E-state index in [1.54, 1.807) is 0 Å². The summed E-state index contributed by atoms with van der Waals surface area (Å²) in [5.74, 6) is 0.837.